The molecule has 1 aliphatic carbocycles. The Morgan fingerprint density at radius 1 is 1.38 bits per heavy atom. The van der Waals surface area contributed by atoms with Crippen LogP contribution in [0, 0.1) is 5.92 Å². The fourth-order valence-electron chi connectivity index (χ4n) is 3.06. The molecule has 8 nitrogen and oxygen atoms in total. The fraction of sp³-hybridized carbons (Fsp3) is 0.667. The minimum absolute atomic E-state index is 0.0472. The van der Waals surface area contributed by atoms with Crippen LogP contribution in [-0.2, 0) is 14.9 Å². The molecule has 0 unspecified atom stereocenters. The molecule has 1 atom stereocenters. The molecule has 134 valence electrons. The molecule has 2 heterocycles. The van der Waals surface area contributed by atoms with Gasteiger partial charge in [-0.1, -0.05) is 6.07 Å². The van der Waals surface area contributed by atoms with Crippen molar-refractivity contribution in [1.82, 2.24) is 14.0 Å². The van der Waals surface area contributed by atoms with Crippen molar-refractivity contribution in [3.63, 3.8) is 0 Å². The molecular weight excluding hydrogens is 334 g/mol. The molecule has 1 saturated heterocycles. The van der Waals surface area contributed by atoms with Crippen molar-refractivity contribution < 1.29 is 23.0 Å². The van der Waals surface area contributed by atoms with Crippen molar-refractivity contribution in [3.05, 3.63) is 23.9 Å². The molecule has 3 rings (SSSR count). The number of aliphatic hydroxyl groups excluding tert-OH is 1. The number of morpholine rings is 1. The van der Waals surface area contributed by atoms with Gasteiger partial charge in [-0.3, -0.25) is 0 Å². The van der Waals surface area contributed by atoms with Gasteiger partial charge < -0.3 is 14.6 Å². The number of nitrogens with zero attached hydrogens (tertiary/aromatic N) is 2. The highest BCUT2D eigenvalue weighted by molar-refractivity contribution is 7.87. The number of hydrogen-bond donors (Lipinski definition) is 2. The number of rotatable bonds is 6. The van der Waals surface area contributed by atoms with E-state index in [1.807, 2.05) is 6.07 Å². The molecule has 24 heavy (non-hydrogen) atoms. The highest BCUT2D eigenvalue weighted by Crippen LogP contribution is 2.38. The number of aromatic nitrogens is 1. The quantitative estimate of drug-likeness (QED) is 0.747. The zero-order valence-corrected chi connectivity index (χ0v) is 14.4. The maximum Gasteiger partial charge on any atom is 0.280 e. The molecule has 0 spiro atoms. The third-order valence-electron chi connectivity index (χ3n) is 4.53. The average Bonchev–Trinajstić information content (AvgIpc) is 2.58. The molecule has 0 amide bonds. The third-order valence-corrected chi connectivity index (χ3v) is 6.13. The normalized spacial score (nSPS) is 26.6. The number of nitrogens with one attached hydrogen (secondary N) is 1. The van der Waals surface area contributed by atoms with Crippen molar-refractivity contribution >= 4 is 10.2 Å². The third kappa shape index (κ3) is 3.86. The molecule has 2 aliphatic rings. The Morgan fingerprint density at radius 2 is 2.08 bits per heavy atom. The topological polar surface area (TPSA) is 101 Å². The largest absolute Gasteiger partial charge is 0.481 e. The van der Waals surface area contributed by atoms with Gasteiger partial charge in [0.05, 0.1) is 32.5 Å². The van der Waals surface area contributed by atoms with Crippen LogP contribution in [0.1, 0.15) is 24.4 Å². The summed E-state index contributed by atoms with van der Waals surface area (Å²) in [5.41, 5.74) is 0.768. The minimum atomic E-state index is -3.62. The first-order valence-electron chi connectivity index (χ1n) is 8.03. The summed E-state index contributed by atoms with van der Waals surface area (Å²) < 4.78 is 39.8. The smallest absolute Gasteiger partial charge is 0.280 e. The highest BCUT2D eigenvalue weighted by Gasteiger charge is 2.38. The van der Waals surface area contributed by atoms with Crippen LogP contribution in [0.5, 0.6) is 5.88 Å². The number of aliphatic hydroxyl groups is 1. The van der Waals surface area contributed by atoms with Gasteiger partial charge in [0.1, 0.15) is 0 Å². The Labute approximate surface area is 142 Å². The predicted molar refractivity (Wildman–Crippen MR) is 86.7 cm³/mol. The van der Waals surface area contributed by atoms with Gasteiger partial charge in [0.2, 0.25) is 5.88 Å². The van der Waals surface area contributed by atoms with E-state index >= 15 is 0 Å². The van der Waals surface area contributed by atoms with Crippen LogP contribution in [-0.4, -0.2) is 62.3 Å². The Kier molecular flexibility index (Phi) is 5.36. The molecule has 0 radical (unpaired) electrons. The Hall–Kier alpha value is -1.26. The second-order valence-electron chi connectivity index (χ2n) is 6.13. The summed E-state index contributed by atoms with van der Waals surface area (Å²) in [7, 11) is -2.09. The van der Waals surface area contributed by atoms with E-state index in [4.69, 9.17) is 9.47 Å². The van der Waals surface area contributed by atoms with E-state index in [1.165, 1.54) is 11.4 Å². The van der Waals surface area contributed by atoms with E-state index < -0.39 is 16.3 Å². The van der Waals surface area contributed by atoms with E-state index in [2.05, 4.69) is 9.71 Å². The summed E-state index contributed by atoms with van der Waals surface area (Å²) in [6, 6.07) is 3.10. The van der Waals surface area contributed by atoms with E-state index in [-0.39, 0.29) is 12.0 Å². The average molecular weight is 357 g/mol. The lowest BCUT2D eigenvalue weighted by molar-refractivity contribution is 0.0271. The lowest BCUT2D eigenvalue weighted by Gasteiger charge is -2.39. The van der Waals surface area contributed by atoms with Gasteiger partial charge >= 0.3 is 0 Å². The number of ether oxygens (including phenoxy) is 2. The van der Waals surface area contributed by atoms with Crippen LogP contribution < -0.4 is 9.46 Å². The standard InChI is InChI=1S/C15H23N3O5S/c1-22-14-3-2-11(10-16-14)15(12-8-13(19)9-12)17-24(20,21)18-4-6-23-7-5-18/h2-3,10,12-13,15,17,19H,4-9H2,1H3/t12?,13?,15-/m0/s1. The fourth-order valence-corrected chi connectivity index (χ4v) is 4.49. The molecule has 9 heteroatoms. The molecule has 0 bridgehead atoms. The number of hydrogen-bond acceptors (Lipinski definition) is 6. The molecular formula is C15H23N3O5S. The Morgan fingerprint density at radius 3 is 2.62 bits per heavy atom. The van der Waals surface area contributed by atoms with Gasteiger partial charge in [0, 0.05) is 25.4 Å². The van der Waals surface area contributed by atoms with Crippen LogP contribution in [0.25, 0.3) is 0 Å². The van der Waals surface area contributed by atoms with Crippen molar-refractivity contribution in [2.45, 2.75) is 25.0 Å². The summed E-state index contributed by atoms with van der Waals surface area (Å²) in [5, 5.41) is 9.60. The van der Waals surface area contributed by atoms with Crippen molar-refractivity contribution in [3.8, 4) is 5.88 Å². The van der Waals surface area contributed by atoms with Crippen LogP contribution in [0.4, 0.5) is 0 Å². The van der Waals surface area contributed by atoms with E-state index in [0.717, 1.165) is 5.56 Å². The summed E-state index contributed by atoms with van der Waals surface area (Å²) in [6.07, 6.45) is 2.40. The van der Waals surface area contributed by atoms with Gasteiger partial charge in [0.15, 0.2) is 0 Å². The summed E-state index contributed by atoms with van der Waals surface area (Å²) in [6.45, 7) is 1.49. The van der Waals surface area contributed by atoms with E-state index in [9.17, 15) is 13.5 Å². The van der Waals surface area contributed by atoms with Crippen molar-refractivity contribution in [2.75, 3.05) is 33.4 Å². The van der Waals surface area contributed by atoms with Gasteiger partial charge in [-0.05, 0) is 24.3 Å². The van der Waals surface area contributed by atoms with E-state index in [1.54, 1.807) is 12.3 Å². The number of methoxy groups -OCH3 is 1. The van der Waals surface area contributed by atoms with Gasteiger partial charge in [-0.15, -0.1) is 0 Å². The molecule has 2 fully saturated rings. The number of pyridine rings is 1. The second kappa shape index (κ2) is 7.32. The first kappa shape index (κ1) is 17.6. The summed E-state index contributed by atoms with van der Waals surface area (Å²) in [4.78, 5) is 4.17. The maximum atomic E-state index is 12.7. The van der Waals surface area contributed by atoms with Crippen molar-refractivity contribution in [1.29, 1.82) is 0 Å². The van der Waals surface area contributed by atoms with Crippen LogP contribution in [0.15, 0.2) is 18.3 Å². The molecule has 2 N–H and O–H groups in total. The monoisotopic (exact) mass is 357 g/mol. The molecule has 0 aromatic carbocycles. The predicted octanol–water partition coefficient (Wildman–Crippen LogP) is 0.0688. The zero-order chi connectivity index (χ0) is 17.2. The lowest BCUT2D eigenvalue weighted by atomic mass is 9.76. The van der Waals surface area contributed by atoms with Crippen LogP contribution in [0.3, 0.4) is 0 Å². The maximum absolute atomic E-state index is 12.7. The second-order valence-corrected chi connectivity index (χ2v) is 7.83. The first-order valence-corrected chi connectivity index (χ1v) is 9.47. The highest BCUT2D eigenvalue weighted by atomic mass is 32.2. The Bertz CT molecular complexity index is 640. The van der Waals surface area contributed by atoms with Crippen molar-refractivity contribution in [2.24, 2.45) is 5.92 Å². The van der Waals surface area contributed by atoms with Crippen LogP contribution >= 0.6 is 0 Å². The van der Waals surface area contributed by atoms with Gasteiger partial charge in [-0.25, -0.2) is 4.98 Å². The summed E-state index contributed by atoms with van der Waals surface area (Å²) >= 11 is 0. The van der Waals surface area contributed by atoms with Crippen LogP contribution in [0.2, 0.25) is 0 Å². The van der Waals surface area contributed by atoms with Gasteiger partial charge in [-0.2, -0.15) is 17.4 Å². The van der Waals surface area contributed by atoms with Gasteiger partial charge in [0.25, 0.3) is 10.2 Å². The lowest BCUT2D eigenvalue weighted by Crippen LogP contribution is -2.50. The Balaban J connectivity index is 1.79. The zero-order valence-electron chi connectivity index (χ0n) is 13.6. The molecule has 1 aromatic heterocycles. The summed E-state index contributed by atoms with van der Waals surface area (Å²) in [5.74, 6) is 0.521. The molecule has 1 aliphatic heterocycles. The SMILES string of the molecule is COc1ccc([C@H](NS(=O)(=O)N2CCOCC2)C2CC(O)C2)cn1. The minimum Gasteiger partial charge on any atom is -0.481 e. The molecule has 1 aromatic rings. The van der Waals surface area contributed by atoms with E-state index in [0.29, 0.717) is 45.0 Å². The first-order chi connectivity index (χ1) is 11.5. The molecule has 1 saturated carbocycles.